The number of carboxylic acids is 3. The molecule has 0 unspecified atom stereocenters. The summed E-state index contributed by atoms with van der Waals surface area (Å²) in [6.07, 6.45) is -7.17. The number of anilines is 6. The lowest BCUT2D eigenvalue weighted by atomic mass is 10.0. The van der Waals surface area contributed by atoms with Crippen LogP contribution in [-0.2, 0) is 27.2 Å². The third-order valence-electron chi connectivity index (χ3n) is 7.58. The molecular formula is C34H28ClF9N10O7. The van der Waals surface area contributed by atoms with Crippen molar-refractivity contribution in [3.63, 3.8) is 0 Å². The average molecular weight is 895 g/mol. The number of piperazine rings is 1. The summed E-state index contributed by atoms with van der Waals surface area (Å²) < 4.78 is 95.2. The molecule has 2 amide bonds. The highest BCUT2D eigenvalue weighted by atomic mass is 35.5. The molecule has 0 atom stereocenters. The van der Waals surface area contributed by atoms with Gasteiger partial charge < -0.3 is 41.1 Å². The van der Waals surface area contributed by atoms with Crippen molar-refractivity contribution in [1.82, 2.24) is 24.8 Å². The van der Waals surface area contributed by atoms with Crippen LogP contribution in [0.4, 0.5) is 79.0 Å². The maximum atomic E-state index is 13.3. The molecule has 6 bridgehead atoms. The van der Waals surface area contributed by atoms with Crippen LogP contribution in [-0.4, -0.2) is 109 Å². The van der Waals surface area contributed by atoms with Gasteiger partial charge in [-0.1, -0.05) is 11.6 Å². The number of halogens is 10. The van der Waals surface area contributed by atoms with Crippen LogP contribution in [0.2, 0.25) is 5.02 Å². The Kier molecular flexibility index (Phi) is 16.3. The molecule has 1 aromatic carbocycles. The second-order valence-corrected chi connectivity index (χ2v) is 12.3. The van der Waals surface area contributed by atoms with Crippen LogP contribution in [0.25, 0.3) is 0 Å². The van der Waals surface area contributed by atoms with E-state index in [1.165, 1.54) is 0 Å². The van der Waals surface area contributed by atoms with Crippen LogP contribution in [0.5, 0.6) is 0 Å². The quantitative estimate of drug-likeness (QED) is 0.116. The van der Waals surface area contributed by atoms with Gasteiger partial charge in [0.2, 0.25) is 5.95 Å². The van der Waals surface area contributed by atoms with Crippen molar-refractivity contribution in [2.45, 2.75) is 31.4 Å². The molecule has 27 heteroatoms. The van der Waals surface area contributed by atoms with Crippen molar-refractivity contribution in [2.75, 3.05) is 47.0 Å². The summed E-state index contributed by atoms with van der Waals surface area (Å²) in [5.74, 6) is -6.59. The fraction of sp³-hybridized carbons (Fsp3) is 0.265. The number of benzene rings is 1. The maximum absolute atomic E-state index is 13.3. The summed E-state index contributed by atoms with van der Waals surface area (Å²) in [4.78, 5) is 61.4. The topological polar surface area (TPSA) is 247 Å². The number of alkyl halides is 9. The molecule has 2 aliphatic rings. The number of hydrogen-bond donors (Lipinski definition) is 6. The molecule has 4 aromatic rings. The molecule has 3 aromatic heterocycles. The molecule has 326 valence electrons. The van der Waals surface area contributed by atoms with Crippen molar-refractivity contribution in [2.24, 2.45) is 0 Å². The highest BCUT2D eigenvalue weighted by Gasteiger charge is 2.39. The van der Waals surface area contributed by atoms with Gasteiger partial charge in [0.1, 0.15) is 16.9 Å². The molecular weight excluding hydrogens is 867 g/mol. The predicted octanol–water partition coefficient (Wildman–Crippen LogP) is 6.63. The van der Waals surface area contributed by atoms with E-state index in [1.54, 1.807) is 29.6 Å². The van der Waals surface area contributed by atoms with Crippen LogP contribution in [0.3, 0.4) is 0 Å². The minimum Gasteiger partial charge on any atom is -0.475 e. The fourth-order valence-electron chi connectivity index (χ4n) is 4.72. The van der Waals surface area contributed by atoms with E-state index in [2.05, 4.69) is 46.9 Å². The molecule has 61 heavy (non-hydrogen) atoms. The summed E-state index contributed by atoms with van der Waals surface area (Å²) in [5, 5.41) is 40.3. The number of aliphatic carboxylic acids is 3. The van der Waals surface area contributed by atoms with Gasteiger partial charge in [-0.15, -0.1) is 0 Å². The number of pyridine rings is 2. The van der Waals surface area contributed by atoms with Crippen molar-refractivity contribution in [3.05, 3.63) is 82.9 Å². The van der Waals surface area contributed by atoms with E-state index < -0.39 is 36.4 Å². The molecule has 5 heterocycles. The first-order valence-electron chi connectivity index (χ1n) is 16.6. The molecule has 6 rings (SSSR count). The van der Waals surface area contributed by atoms with Crippen LogP contribution in [0.15, 0.2) is 61.2 Å². The zero-order valence-electron chi connectivity index (χ0n) is 30.4. The summed E-state index contributed by atoms with van der Waals surface area (Å²) in [5.41, 5.74) is 4.87. The number of nitriles is 1. The number of nitrogens with one attached hydrogen (secondary N) is 3. The first kappa shape index (κ1) is 48.2. The molecule has 1 saturated heterocycles. The lowest BCUT2D eigenvalue weighted by Gasteiger charge is -2.35. The summed E-state index contributed by atoms with van der Waals surface area (Å²) in [7, 11) is 0. The highest BCUT2D eigenvalue weighted by molar-refractivity contribution is 6.32. The smallest absolute Gasteiger partial charge is 0.475 e. The minimum absolute atomic E-state index is 0.149. The van der Waals surface area contributed by atoms with Crippen LogP contribution >= 0.6 is 11.6 Å². The second kappa shape index (κ2) is 20.7. The van der Waals surface area contributed by atoms with E-state index in [4.69, 9.17) is 46.6 Å². The number of fused-ring (bicyclic) bond motifs is 6. The van der Waals surface area contributed by atoms with Gasteiger partial charge >= 0.3 is 42.5 Å². The SMILES string of the molecule is N#Cc1ccc(N2CCN(C(=O)Nc3ccc4cc3CCc3cncc(c3)Nc3ncc(Cl)c(n3)N4)CC2)nc1.O=C(O)C(F)(F)F.O=C(O)C(F)(F)F.O=C(O)C(F)(F)F. The third kappa shape index (κ3) is 15.5. The Bertz CT molecular complexity index is 2180. The molecule has 6 N–H and O–H groups in total. The zero-order chi connectivity index (χ0) is 45.7. The monoisotopic (exact) mass is 894 g/mol. The van der Waals surface area contributed by atoms with Gasteiger partial charge in [0.05, 0.1) is 23.6 Å². The number of aromatic nitrogens is 4. The Morgan fingerprint density at radius 2 is 1.33 bits per heavy atom. The number of hydrogen-bond acceptors (Lipinski definition) is 12. The Labute approximate surface area is 341 Å². The van der Waals surface area contributed by atoms with Gasteiger partial charge in [0, 0.05) is 49.9 Å². The fourth-order valence-corrected chi connectivity index (χ4v) is 4.86. The van der Waals surface area contributed by atoms with Crippen LogP contribution in [0, 0.1) is 11.3 Å². The molecule has 0 spiro atoms. The van der Waals surface area contributed by atoms with Gasteiger partial charge in [-0.3, -0.25) is 4.98 Å². The number of amides is 2. The number of carbonyl (C=O) groups is 4. The second-order valence-electron chi connectivity index (χ2n) is 11.9. The van der Waals surface area contributed by atoms with Gasteiger partial charge in [-0.2, -0.15) is 49.8 Å². The number of carbonyl (C=O) groups excluding carboxylic acids is 1. The molecule has 0 saturated carbocycles. The number of urea groups is 1. The van der Waals surface area contributed by atoms with E-state index in [0.29, 0.717) is 55.0 Å². The standard InChI is InChI=1S/C28H25ClN10O.3C2HF3O2/c29-23-17-33-27-35-22-11-18(14-31-16-22)1-3-20-12-21(34-26(23)37-27)4-5-24(20)36-28(40)39-9-7-38(8-10-39)25-6-2-19(13-30)15-32-25;3*3-2(4,5)1(6)7/h2,4-6,11-12,14-17H,1,3,7-10H2,(H,36,40)(H2,33,34,35,37);3*(H,6,7). The van der Waals surface area contributed by atoms with Gasteiger partial charge in [-0.25, -0.2) is 29.1 Å². The Hall–Kier alpha value is -7.17. The van der Waals surface area contributed by atoms with Crippen molar-refractivity contribution >= 4 is 70.2 Å². The third-order valence-corrected chi connectivity index (χ3v) is 7.86. The van der Waals surface area contributed by atoms with Crippen molar-refractivity contribution < 1.29 is 74.0 Å². The van der Waals surface area contributed by atoms with E-state index >= 15 is 0 Å². The van der Waals surface area contributed by atoms with E-state index in [9.17, 15) is 44.3 Å². The molecule has 0 radical (unpaired) electrons. The highest BCUT2D eigenvalue weighted by Crippen LogP contribution is 2.30. The lowest BCUT2D eigenvalue weighted by Crippen LogP contribution is -2.50. The number of carboxylic acid groups (broad SMARTS) is 3. The minimum atomic E-state index is -5.08. The molecule has 1 fully saturated rings. The predicted molar refractivity (Wildman–Crippen MR) is 195 cm³/mol. The van der Waals surface area contributed by atoms with E-state index in [-0.39, 0.29) is 6.03 Å². The number of aryl methyl sites for hydroxylation is 2. The first-order valence-corrected chi connectivity index (χ1v) is 17.0. The van der Waals surface area contributed by atoms with E-state index in [1.807, 2.05) is 36.5 Å². The zero-order valence-corrected chi connectivity index (χ0v) is 31.2. The number of rotatable bonds is 2. The van der Waals surface area contributed by atoms with E-state index in [0.717, 1.165) is 40.4 Å². The molecule has 2 aliphatic heterocycles. The van der Waals surface area contributed by atoms with Crippen molar-refractivity contribution in [1.29, 1.82) is 5.26 Å². The molecule has 17 nitrogen and oxygen atoms in total. The summed E-state index contributed by atoms with van der Waals surface area (Å²) >= 11 is 6.37. The maximum Gasteiger partial charge on any atom is 0.490 e. The van der Waals surface area contributed by atoms with Gasteiger partial charge in [0.15, 0.2) is 5.82 Å². The Balaban J connectivity index is 0.000000390. The Morgan fingerprint density at radius 3 is 1.85 bits per heavy atom. The number of nitrogens with zero attached hydrogens (tertiary/aromatic N) is 7. The lowest BCUT2D eigenvalue weighted by molar-refractivity contribution is -0.193. The first-order chi connectivity index (χ1) is 28.4. The Morgan fingerprint density at radius 1 is 0.738 bits per heavy atom. The normalized spacial score (nSPS) is 13.3. The summed E-state index contributed by atoms with van der Waals surface area (Å²) in [6.45, 7) is 2.42. The average Bonchev–Trinajstić information content (AvgIpc) is 3.19. The molecule has 0 aliphatic carbocycles. The largest absolute Gasteiger partial charge is 0.490 e. The summed E-state index contributed by atoms with van der Waals surface area (Å²) in [6, 6.07) is 13.3. The van der Waals surface area contributed by atoms with Crippen LogP contribution < -0.4 is 20.9 Å². The van der Waals surface area contributed by atoms with Crippen LogP contribution in [0.1, 0.15) is 16.7 Å². The van der Waals surface area contributed by atoms with Gasteiger partial charge in [0.25, 0.3) is 0 Å². The van der Waals surface area contributed by atoms with Gasteiger partial charge in [-0.05, 0) is 60.4 Å². The van der Waals surface area contributed by atoms with Crippen molar-refractivity contribution in [3.8, 4) is 6.07 Å².